The number of aromatic nitrogens is 4. The molecule has 1 aromatic carbocycles. The normalized spacial score (nSPS) is 14.1. The van der Waals surface area contributed by atoms with Gasteiger partial charge in [-0.25, -0.2) is 0 Å². The molecule has 8 nitrogen and oxygen atoms in total. The number of thiophene rings is 1. The number of nitrogens with one attached hydrogen (secondary N) is 1. The molecule has 1 aliphatic heterocycles. The van der Waals surface area contributed by atoms with Crippen molar-refractivity contribution in [3.05, 3.63) is 51.7 Å². The fraction of sp³-hybridized carbons (Fsp3) is 0.211. The monoisotopic (exact) mass is 429 g/mol. The largest absolute Gasteiger partial charge is 0.486 e. The van der Waals surface area contributed by atoms with E-state index in [1.807, 2.05) is 22.9 Å². The van der Waals surface area contributed by atoms with Crippen LogP contribution < -0.4 is 14.8 Å². The van der Waals surface area contributed by atoms with Gasteiger partial charge in [-0.15, -0.1) is 15.3 Å². The lowest BCUT2D eigenvalue weighted by Gasteiger charge is -2.21. The number of hydrogen-bond acceptors (Lipinski definition) is 8. The maximum absolute atomic E-state index is 10.6. The molecule has 0 saturated carbocycles. The SMILES string of the molecule is OC(CNc1ccc2nnc(-c3ccsc3)n2n1)c1cc(Cl)c2c(c1)OCCO2. The third-order valence-corrected chi connectivity index (χ3v) is 5.49. The van der Waals surface area contributed by atoms with E-state index < -0.39 is 6.10 Å². The fourth-order valence-corrected chi connectivity index (χ4v) is 4.01. The predicted molar refractivity (Wildman–Crippen MR) is 110 cm³/mol. The highest BCUT2D eigenvalue weighted by atomic mass is 35.5. The van der Waals surface area contributed by atoms with E-state index in [0.717, 1.165) is 5.56 Å². The molecule has 0 amide bonds. The number of benzene rings is 1. The average Bonchev–Trinajstić information content (AvgIpc) is 3.41. The topological polar surface area (TPSA) is 93.8 Å². The summed E-state index contributed by atoms with van der Waals surface area (Å²) in [5.74, 6) is 2.32. The van der Waals surface area contributed by atoms with Crippen LogP contribution >= 0.6 is 22.9 Å². The van der Waals surface area contributed by atoms with Crippen molar-refractivity contribution < 1.29 is 14.6 Å². The number of ether oxygens (including phenoxy) is 2. The molecule has 1 aliphatic rings. The molecule has 0 radical (unpaired) electrons. The first kappa shape index (κ1) is 18.2. The molecule has 0 aliphatic carbocycles. The number of fused-ring (bicyclic) bond motifs is 2. The van der Waals surface area contributed by atoms with Gasteiger partial charge in [-0.3, -0.25) is 0 Å². The van der Waals surface area contributed by atoms with Crippen LogP contribution in [0.4, 0.5) is 5.82 Å². The smallest absolute Gasteiger partial charge is 0.186 e. The van der Waals surface area contributed by atoms with Crippen molar-refractivity contribution in [2.75, 3.05) is 25.1 Å². The first-order valence-corrected chi connectivity index (χ1v) is 10.3. The van der Waals surface area contributed by atoms with E-state index >= 15 is 0 Å². The number of halogens is 1. The zero-order valence-electron chi connectivity index (χ0n) is 15.1. The summed E-state index contributed by atoms with van der Waals surface area (Å²) in [6, 6.07) is 9.03. The van der Waals surface area contributed by atoms with Gasteiger partial charge in [-0.05, 0) is 41.3 Å². The van der Waals surface area contributed by atoms with Gasteiger partial charge in [-0.2, -0.15) is 15.9 Å². The van der Waals surface area contributed by atoms with Crippen molar-refractivity contribution in [3.8, 4) is 22.9 Å². The van der Waals surface area contributed by atoms with Crippen LogP contribution in [0.2, 0.25) is 5.02 Å². The summed E-state index contributed by atoms with van der Waals surface area (Å²) in [5, 5.41) is 31.1. The number of rotatable bonds is 5. The van der Waals surface area contributed by atoms with Gasteiger partial charge in [0.15, 0.2) is 23.0 Å². The lowest BCUT2D eigenvalue weighted by atomic mass is 10.1. The van der Waals surface area contributed by atoms with Gasteiger partial charge in [0.2, 0.25) is 0 Å². The average molecular weight is 430 g/mol. The Bertz CT molecular complexity index is 1160. The van der Waals surface area contributed by atoms with Gasteiger partial charge < -0.3 is 19.9 Å². The number of aliphatic hydroxyl groups is 1. The summed E-state index contributed by atoms with van der Waals surface area (Å²) in [7, 11) is 0. The molecule has 5 rings (SSSR count). The molecule has 1 atom stereocenters. The van der Waals surface area contributed by atoms with Crippen LogP contribution in [0.1, 0.15) is 11.7 Å². The number of nitrogens with zero attached hydrogens (tertiary/aromatic N) is 4. The van der Waals surface area contributed by atoms with Crippen LogP contribution in [0.25, 0.3) is 17.0 Å². The third kappa shape index (κ3) is 3.48. The molecule has 4 aromatic rings. The van der Waals surface area contributed by atoms with Crippen molar-refractivity contribution in [3.63, 3.8) is 0 Å². The molecule has 2 N–H and O–H groups in total. The van der Waals surface area contributed by atoms with Gasteiger partial charge >= 0.3 is 0 Å². The highest BCUT2D eigenvalue weighted by Crippen LogP contribution is 2.39. The minimum Gasteiger partial charge on any atom is -0.486 e. The van der Waals surface area contributed by atoms with Crippen LogP contribution in [0.15, 0.2) is 41.1 Å². The Hall–Kier alpha value is -2.88. The molecule has 0 spiro atoms. The second-order valence-electron chi connectivity index (χ2n) is 6.45. The first-order chi connectivity index (χ1) is 14.2. The Kier molecular flexibility index (Phi) is 4.70. The van der Waals surface area contributed by atoms with E-state index in [1.54, 1.807) is 34.1 Å². The quantitative estimate of drug-likeness (QED) is 0.502. The summed E-state index contributed by atoms with van der Waals surface area (Å²) in [4.78, 5) is 0. The summed E-state index contributed by atoms with van der Waals surface area (Å²) < 4.78 is 12.8. The second-order valence-corrected chi connectivity index (χ2v) is 7.64. The van der Waals surface area contributed by atoms with Gasteiger partial charge in [-0.1, -0.05) is 11.6 Å². The van der Waals surface area contributed by atoms with Crippen molar-refractivity contribution >= 4 is 34.4 Å². The van der Waals surface area contributed by atoms with Crippen LogP contribution in [0.3, 0.4) is 0 Å². The van der Waals surface area contributed by atoms with E-state index in [9.17, 15) is 5.11 Å². The lowest BCUT2D eigenvalue weighted by molar-refractivity contribution is 0.167. The second kappa shape index (κ2) is 7.51. The van der Waals surface area contributed by atoms with Gasteiger partial charge in [0.25, 0.3) is 0 Å². The van der Waals surface area contributed by atoms with Crippen LogP contribution in [-0.4, -0.2) is 44.7 Å². The lowest BCUT2D eigenvalue weighted by Crippen LogP contribution is -2.17. The highest BCUT2D eigenvalue weighted by molar-refractivity contribution is 7.08. The zero-order chi connectivity index (χ0) is 19.8. The third-order valence-electron chi connectivity index (χ3n) is 4.52. The maximum Gasteiger partial charge on any atom is 0.186 e. The maximum atomic E-state index is 10.6. The van der Waals surface area contributed by atoms with E-state index in [0.29, 0.717) is 52.6 Å². The summed E-state index contributed by atoms with van der Waals surface area (Å²) >= 11 is 7.85. The Morgan fingerprint density at radius 1 is 1.21 bits per heavy atom. The molecule has 10 heteroatoms. The van der Waals surface area contributed by atoms with Crippen molar-refractivity contribution in [2.24, 2.45) is 0 Å². The highest BCUT2D eigenvalue weighted by Gasteiger charge is 2.20. The molecule has 0 saturated heterocycles. The predicted octanol–water partition coefficient (Wildman–Crippen LogP) is 3.42. The molecule has 0 bridgehead atoms. The standard InChI is InChI=1S/C19H16ClN5O3S/c20-13-7-12(8-15-18(13)28-5-4-27-15)14(26)9-21-16-1-2-17-22-23-19(25(17)24-16)11-3-6-29-10-11/h1-3,6-8,10,14,26H,4-5,9H2,(H,21,24). The molecule has 1 unspecified atom stereocenters. The van der Waals surface area contributed by atoms with Crippen molar-refractivity contribution in [2.45, 2.75) is 6.10 Å². The minimum absolute atomic E-state index is 0.240. The summed E-state index contributed by atoms with van der Waals surface area (Å²) in [6.45, 7) is 1.15. The molecule has 29 heavy (non-hydrogen) atoms. The molecule has 0 fully saturated rings. The van der Waals surface area contributed by atoms with E-state index in [-0.39, 0.29) is 6.54 Å². The molecule has 148 valence electrons. The number of anilines is 1. The molecular formula is C19H16ClN5O3S. The van der Waals surface area contributed by atoms with E-state index in [2.05, 4.69) is 20.6 Å². The molecule has 4 heterocycles. The number of aliphatic hydroxyl groups excluding tert-OH is 1. The zero-order valence-corrected chi connectivity index (χ0v) is 16.7. The fourth-order valence-electron chi connectivity index (χ4n) is 3.10. The number of hydrogen-bond donors (Lipinski definition) is 2. The van der Waals surface area contributed by atoms with Gasteiger partial charge in [0, 0.05) is 17.5 Å². The Labute approximate surface area is 174 Å². The minimum atomic E-state index is -0.807. The van der Waals surface area contributed by atoms with Gasteiger partial charge in [0.05, 0.1) is 11.1 Å². The van der Waals surface area contributed by atoms with Crippen molar-refractivity contribution in [1.82, 2.24) is 19.8 Å². The molecule has 3 aromatic heterocycles. The Morgan fingerprint density at radius 2 is 2.10 bits per heavy atom. The van der Waals surface area contributed by atoms with Crippen LogP contribution in [0, 0.1) is 0 Å². The van der Waals surface area contributed by atoms with Crippen LogP contribution in [0.5, 0.6) is 11.5 Å². The van der Waals surface area contributed by atoms with Crippen molar-refractivity contribution in [1.29, 1.82) is 0 Å². The van der Waals surface area contributed by atoms with Crippen LogP contribution in [-0.2, 0) is 0 Å². The van der Waals surface area contributed by atoms with E-state index in [4.69, 9.17) is 21.1 Å². The summed E-state index contributed by atoms with van der Waals surface area (Å²) in [6.07, 6.45) is -0.807. The van der Waals surface area contributed by atoms with E-state index in [1.165, 1.54) is 0 Å². The Morgan fingerprint density at radius 3 is 2.97 bits per heavy atom. The molecular weight excluding hydrogens is 414 g/mol. The van der Waals surface area contributed by atoms with Gasteiger partial charge in [0.1, 0.15) is 19.0 Å². The first-order valence-electron chi connectivity index (χ1n) is 8.95. The summed E-state index contributed by atoms with van der Waals surface area (Å²) in [5.41, 5.74) is 2.24. The Balaban J connectivity index is 1.35.